The monoisotopic (exact) mass is 1260 g/mol. The molecule has 1 unspecified atom stereocenters. The van der Waals surface area contributed by atoms with Crippen LogP contribution in [0.3, 0.4) is 0 Å². The van der Waals surface area contributed by atoms with E-state index >= 15 is 0 Å². The van der Waals surface area contributed by atoms with E-state index in [9.17, 15) is 37.2 Å². The summed E-state index contributed by atoms with van der Waals surface area (Å²) in [4.78, 5) is 92.5. The Bertz CT molecular complexity index is 3710. The number of benzene rings is 4. The maximum absolute atomic E-state index is 14.1. The maximum atomic E-state index is 14.1. The predicted octanol–water partition coefficient (Wildman–Crippen LogP) is 9.10. The lowest BCUT2D eigenvalue weighted by Crippen LogP contribution is -2.45. The second-order valence-electron chi connectivity index (χ2n) is 23.5. The van der Waals surface area contributed by atoms with Gasteiger partial charge in [0.2, 0.25) is 5.91 Å². The first-order valence-electron chi connectivity index (χ1n) is 30.6. The average Bonchev–Trinajstić information content (AvgIpc) is 1.75. The first-order valence-corrected chi connectivity index (χ1v) is 32.1. The number of rotatable bonds is 27. The van der Waals surface area contributed by atoms with Crippen molar-refractivity contribution in [1.29, 1.82) is 0 Å². The Balaban J connectivity index is 0.627. The first-order chi connectivity index (χ1) is 43.9. The zero-order chi connectivity index (χ0) is 64.3. The Hall–Kier alpha value is -9.05. The molecule has 1 fully saturated rings. The fourth-order valence-electron chi connectivity index (χ4n) is 11.9. The summed E-state index contributed by atoms with van der Waals surface area (Å²) in [6.45, 7) is 7.22. The number of anilines is 1. The number of nitrogens with zero attached hydrogens (tertiary/aromatic N) is 4. The van der Waals surface area contributed by atoms with Crippen molar-refractivity contribution < 1.29 is 70.3 Å². The van der Waals surface area contributed by atoms with Crippen LogP contribution in [0.2, 0.25) is 0 Å². The van der Waals surface area contributed by atoms with Crippen LogP contribution in [0, 0.1) is 48.4 Å². The number of Topliss-reactive ketones (excluding diaryl/α,β-unsaturated/α-hetero) is 1. The van der Waals surface area contributed by atoms with Crippen molar-refractivity contribution >= 4 is 86.5 Å². The third-order valence-corrected chi connectivity index (χ3v) is 18.0. The minimum Gasteiger partial charge on any atom is -0.497 e. The number of amides is 5. The molecule has 7 atom stereocenters. The summed E-state index contributed by atoms with van der Waals surface area (Å²) in [6, 6.07) is 20.4. The van der Waals surface area contributed by atoms with Gasteiger partial charge in [0.1, 0.15) is 18.1 Å². The van der Waals surface area contributed by atoms with Crippen molar-refractivity contribution in [2.75, 3.05) is 65.7 Å². The van der Waals surface area contributed by atoms with Crippen LogP contribution in [-0.4, -0.2) is 145 Å². The maximum Gasteiger partial charge on any atom is 0.421 e. The molecule has 1 saturated carbocycles. The van der Waals surface area contributed by atoms with Crippen LogP contribution in [0.1, 0.15) is 110 Å². The largest absolute Gasteiger partial charge is 0.497 e. The number of ketones is 1. The molecule has 0 spiro atoms. The van der Waals surface area contributed by atoms with E-state index < -0.39 is 40.3 Å². The molecule has 10 rings (SSSR count). The van der Waals surface area contributed by atoms with Crippen molar-refractivity contribution in [2.45, 2.75) is 97.2 Å². The summed E-state index contributed by atoms with van der Waals surface area (Å²) in [5, 5.41) is 5.45. The van der Waals surface area contributed by atoms with Gasteiger partial charge in [0.15, 0.2) is 17.3 Å². The molecule has 0 radical (unpaired) electrons. The average molecular weight is 1270 g/mol. The molecule has 2 aliphatic carbocycles. The normalized spacial score (nSPS) is 20.0. The minimum atomic E-state index is -4.20. The number of carbonyl (C=O) groups is 6. The van der Waals surface area contributed by atoms with E-state index in [0.29, 0.717) is 83.1 Å². The molecule has 480 valence electrons. The number of ether oxygens (including phenoxy) is 7. The first kappa shape index (κ1) is 64.9. The van der Waals surface area contributed by atoms with Crippen LogP contribution >= 0.6 is 0 Å². The zero-order valence-electron chi connectivity index (χ0n) is 51.8. The van der Waals surface area contributed by atoms with Crippen molar-refractivity contribution in [3.8, 4) is 34.8 Å². The summed E-state index contributed by atoms with van der Waals surface area (Å²) in [5.41, 5.74) is 6.94. The van der Waals surface area contributed by atoms with Gasteiger partial charge in [-0.2, -0.15) is 13.1 Å². The summed E-state index contributed by atoms with van der Waals surface area (Å²) in [7, 11) is -1.06. The van der Waals surface area contributed by atoms with Gasteiger partial charge in [-0.25, -0.2) is 14.3 Å². The van der Waals surface area contributed by atoms with E-state index in [-0.39, 0.29) is 87.5 Å². The number of carbonyl (C=O) groups excluding carboxylic acids is 6. The molecule has 4 aliphatic heterocycles. The standard InChI is InChI=1S/C67H76N8O15S/c1-40(2)62(72-66(80)89-27-26-86-25-22-70-91(82,83)73-67(81)90-39-55-51-12-9-7-8-10-13-52(51)55)58(76)29-42(4)63(77)71-47-18-14-43(15-19-47)45-30-49-36-69-57-34-61(60(85-6)32-54(57)65(79)75(49)37-45)88-24-11-23-87-59-33-56-53(28-41(59)3)64(78)74-38-46(31-48(74)35-68-56)44-16-20-50(84-5)21-17-44/h14-21,28,32-38,40,42,48-49,51-52,55,62,70H,9-13,22-27,29-31,39H2,1-6H3,(H,71,77)(H,72,80)(H,73,81)/t42-,48-,49-,51-,52+,55?,62+/m0/s1. The second-order valence-corrected chi connectivity index (χ2v) is 25.0. The topological polar surface area (TPSA) is 280 Å². The number of alkyl carbamates (subject to hydrolysis) is 1. The molecule has 0 saturated heterocycles. The van der Waals surface area contributed by atoms with Gasteiger partial charge in [-0.3, -0.25) is 29.2 Å². The molecular formula is C67H76N8O15S. The van der Waals surface area contributed by atoms with E-state index in [2.05, 4.69) is 27.2 Å². The Morgan fingerprint density at radius 3 is 1.89 bits per heavy atom. The van der Waals surface area contributed by atoms with E-state index in [1.807, 2.05) is 72.7 Å². The highest BCUT2D eigenvalue weighted by molar-refractivity contribution is 7.88. The molecule has 4 N–H and O–H groups in total. The van der Waals surface area contributed by atoms with Crippen LogP contribution in [-0.2, 0) is 34.0 Å². The highest BCUT2D eigenvalue weighted by Gasteiger charge is 2.49. The third-order valence-electron chi connectivity index (χ3n) is 16.9. The Kier molecular flexibility index (Phi) is 20.9. The van der Waals surface area contributed by atoms with Crippen LogP contribution in [0.5, 0.6) is 23.0 Å². The van der Waals surface area contributed by atoms with Crippen LogP contribution in [0.4, 0.5) is 26.7 Å². The molecule has 4 heterocycles. The molecule has 5 amide bonds. The third kappa shape index (κ3) is 16.1. The summed E-state index contributed by atoms with van der Waals surface area (Å²) in [6.07, 6.45) is 10.4. The molecular weight excluding hydrogens is 1190 g/mol. The van der Waals surface area contributed by atoms with E-state index in [1.54, 1.807) is 74.2 Å². The minimum absolute atomic E-state index is 0.0800. The number of hydrogen-bond acceptors (Lipinski definition) is 17. The summed E-state index contributed by atoms with van der Waals surface area (Å²) >= 11 is 0. The molecule has 6 aliphatic rings. The van der Waals surface area contributed by atoms with Gasteiger partial charge in [-0.15, -0.1) is 11.8 Å². The van der Waals surface area contributed by atoms with Crippen LogP contribution in [0.25, 0.3) is 11.1 Å². The van der Waals surface area contributed by atoms with Crippen molar-refractivity contribution in [3.63, 3.8) is 0 Å². The van der Waals surface area contributed by atoms with Gasteiger partial charge in [0.25, 0.3) is 11.8 Å². The molecule has 23 nitrogen and oxygen atoms in total. The lowest BCUT2D eigenvalue weighted by Gasteiger charge is -2.22. The molecule has 0 aromatic heterocycles. The van der Waals surface area contributed by atoms with E-state index in [4.69, 9.17) is 43.1 Å². The van der Waals surface area contributed by atoms with Gasteiger partial charge in [0, 0.05) is 93.6 Å². The van der Waals surface area contributed by atoms with Gasteiger partial charge in [-0.1, -0.05) is 45.0 Å². The smallest absolute Gasteiger partial charge is 0.421 e. The van der Waals surface area contributed by atoms with Crippen LogP contribution in [0.15, 0.2) is 95.2 Å². The Morgan fingerprint density at radius 2 is 1.29 bits per heavy atom. The number of aliphatic imine (C=N–C) groups is 2. The fraction of sp³-hybridized carbons (Fsp3) is 0.433. The highest BCUT2D eigenvalue weighted by atomic mass is 32.2. The number of nitrogens with one attached hydrogen (secondary N) is 4. The number of fused-ring (bicyclic) bond motifs is 5. The van der Waals surface area contributed by atoms with Gasteiger partial charge < -0.3 is 53.6 Å². The van der Waals surface area contributed by atoms with Gasteiger partial charge in [-0.05, 0) is 108 Å². The molecule has 24 heteroatoms. The van der Waals surface area contributed by atoms with Crippen LogP contribution < -0.4 is 39.0 Å². The molecule has 0 bridgehead atoms. The van der Waals surface area contributed by atoms with Crippen molar-refractivity contribution in [2.24, 2.45) is 39.6 Å². The van der Waals surface area contributed by atoms with Crippen molar-refractivity contribution in [1.82, 2.24) is 24.6 Å². The number of aryl methyl sites for hydroxylation is 1. The van der Waals surface area contributed by atoms with Gasteiger partial charge in [0.05, 0.1) is 87.9 Å². The number of hydrogen-bond donors (Lipinski definition) is 4. The highest BCUT2D eigenvalue weighted by Crippen LogP contribution is 2.52. The zero-order valence-corrected chi connectivity index (χ0v) is 52.6. The molecule has 4 aromatic carbocycles. The Morgan fingerprint density at radius 1 is 0.692 bits per heavy atom. The SMILES string of the molecule is COc1ccc(C2=CN3C(=O)c4cc(C)c(OCCCOc5cc6c(cc5OC)C(=O)N5C=C(c7ccc(NC(=O)[C@@H](C)CC(=O)[C@H](NC(=O)OCCOCCNS(=O)(=O)NC(=O)OCC8[C@H]9CCC#CCC[C@@H]89)C(C)C)cc7)C[C@H]5C=N6)cc4N=C[C@@H]3C2)cc1. The lowest BCUT2D eigenvalue weighted by molar-refractivity contribution is -0.127. The quantitative estimate of drug-likeness (QED) is 0.0320. The lowest BCUT2D eigenvalue weighted by atomic mass is 9.93. The summed E-state index contributed by atoms with van der Waals surface area (Å²) < 4.78 is 67.8. The van der Waals surface area contributed by atoms with E-state index in [0.717, 1.165) is 59.3 Å². The van der Waals surface area contributed by atoms with Gasteiger partial charge >= 0.3 is 22.4 Å². The number of methoxy groups -OCH3 is 2. The van der Waals surface area contributed by atoms with Crippen molar-refractivity contribution in [3.05, 3.63) is 113 Å². The fourth-order valence-corrected chi connectivity index (χ4v) is 12.6. The molecule has 91 heavy (non-hydrogen) atoms. The predicted molar refractivity (Wildman–Crippen MR) is 340 cm³/mol. The Labute approximate surface area is 529 Å². The van der Waals surface area contributed by atoms with E-state index in [1.165, 1.54) is 7.11 Å². The molecule has 4 aromatic rings. The second kappa shape index (κ2) is 29.3. The summed E-state index contributed by atoms with van der Waals surface area (Å²) in [5.74, 6) is 7.29.